The van der Waals surface area contributed by atoms with Crippen molar-refractivity contribution in [3.05, 3.63) is 23.8 Å². The fourth-order valence-electron chi connectivity index (χ4n) is 1.33. The molecule has 0 aliphatic heterocycles. The molecule has 0 aliphatic carbocycles. The van der Waals surface area contributed by atoms with Crippen molar-refractivity contribution >= 4 is 18.1 Å². The lowest BCUT2D eigenvalue weighted by atomic mass is 9.86. The van der Waals surface area contributed by atoms with Crippen LogP contribution in [0.2, 0.25) is 0 Å². The maximum absolute atomic E-state index is 5.67. The highest BCUT2D eigenvalue weighted by atomic mass is 35.5. The number of methoxy groups -OCH3 is 1. The van der Waals surface area contributed by atoms with Gasteiger partial charge in [0.2, 0.25) is 0 Å². The number of ether oxygens (including phenoxy) is 1. The van der Waals surface area contributed by atoms with Crippen molar-refractivity contribution in [2.24, 2.45) is 0 Å². The summed E-state index contributed by atoms with van der Waals surface area (Å²) >= 11 is 0. The van der Waals surface area contributed by atoms with Gasteiger partial charge in [-0.2, -0.15) is 0 Å². The van der Waals surface area contributed by atoms with Gasteiger partial charge in [-0.25, -0.2) is 0 Å². The van der Waals surface area contributed by atoms with E-state index in [-0.39, 0.29) is 17.8 Å². The van der Waals surface area contributed by atoms with Crippen LogP contribution in [0.15, 0.2) is 18.2 Å². The largest absolute Gasteiger partial charge is 0.496 e. The summed E-state index contributed by atoms with van der Waals surface area (Å²) in [4.78, 5) is 0. The van der Waals surface area contributed by atoms with Crippen LogP contribution in [0.4, 0.5) is 5.69 Å². The Balaban J connectivity index is 0.00000169. The van der Waals surface area contributed by atoms with Crippen molar-refractivity contribution in [2.45, 2.75) is 26.2 Å². The van der Waals surface area contributed by atoms with Crippen LogP contribution in [0.25, 0.3) is 0 Å². The predicted molar refractivity (Wildman–Crippen MR) is 63.4 cm³/mol. The smallest absolute Gasteiger partial charge is 0.124 e. The Morgan fingerprint density at radius 1 is 1.21 bits per heavy atom. The van der Waals surface area contributed by atoms with Crippen molar-refractivity contribution in [3.8, 4) is 5.75 Å². The van der Waals surface area contributed by atoms with E-state index < -0.39 is 0 Å². The summed E-state index contributed by atoms with van der Waals surface area (Å²) in [5.41, 5.74) is 7.69. The van der Waals surface area contributed by atoms with Crippen LogP contribution < -0.4 is 10.5 Å². The summed E-state index contributed by atoms with van der Waals surface area (Å²) in [6.45, 7) is 6.46. The molecule has 0 bridgehead atoms. The Morgan fingerprint density at radius 3 is 2.21 bits per heavy atom. The number of rotatable bonds is 1. The molecular weight excluding hydrogens is 198 g/mol. The van der Waals surface area contributed by atoms with E-state index in [1.807, 2.05) is 18.2 Å². The lowest BCUT2D eigenvalue weighted by molar-refractivity contribution is 0.398. The number of anilines is 1. The molecule has 1 aromatic carbocycles. The first-order chi connectivity index (χ1) is 5.95. The average molecular weight is 216 g/mol. The first-order valence-electron chi connectivity index (χ1n) is 4.39. The van der Waals surface area contributed by atoms with Gasteiger partial charge in [-0.05, 0) is 17.0 Å². The topological polar surface area (TPSA) is 35.2 Å². The molecule has 2 nitrogen and oxygen atoms in total. The Kier molecular flexibility index (Phi) is 4.27. The summed E-state index contributed by atoms with van der Waals surface area (Å²) in [5, 5.41) is 0. The molecule has 1 rings (SSSR count). The first kappa shape index (κ1) is 13.1. The molecule has 0 saturated heterocycles. The summed E-state index contributed by atoms with van der Waals surface area (Å²) < 4.78 is 5.27. The third-order valence-corrected chi connectivity index (χ3v) is 2.03. The monoisotopic (exact) mass is 215 g/mol. The van der Waals surface area contributed by atoms with Crippen molar-refractivity contribution < 1.29 is 4.74 Å². The lowest BCUT2D eigenvalue weighted by Crippen LogP contribution is -2.12. The van der Waals surface area contributed by atoms with E-state index in [4.69, 9.17) is 10.5 Å². The second-order valence-electron chi connectivity index (χ2n) is 4.21. The molecule has 0 spiro atoms. The van der Waals surface area contributed by atoms with Gasteiger partial charge >= 0.3 is 0 Å². The highest BCUT2D eigenvalue weighted by molar-refractivity contribution is 5.85. The van der Waals surface area contributed by atoms with Gasteiger partial charge in [-0.15, -0.1) is 12.4 Å². The second-order valence-corrected chi connectivity index (χ2v) is 4.21. The normalized spacial score (nSPS) is 10.6. The van der Waals surface area contributed by atoms with E-state index in [0.29, 0.717) is 0 Å². The van der Waals surface area contributed by atoms with Crippen molar-refractivity contribution in [3.63, 3.8) is 0 Å². The van der Waals surface area contributed by atoms with Gasteiger partial charge in [0.25, 0.3) is 0 Å². The third-order valence-electron chi connectivity index (χ3n) is 2.03. The highest BCUT2D eigenvalue weighted by Gasteiger charge is 2.18. The molecule has 1 aromatic rings. The molecule has 0 radical (unpaired) electrons. The summed E-state index contributed by atoms with van der Waals surface area (Å²) in [5.74, 6) is 0.868. The molecule has 0 aromatic heterocycles. The van der Waals surface area contributed by atoms with Gasteiger partial charge in [-0.1, -0.05) is 26.8 Å². The number of halogens is 1. The zero-order chi connectivity index (χ0) is 10.1. The van der Waals surface area contributed by atoms with Crippen molar-refractivity contribution in [2.75, 3.05) is 12.8 Å². The van der Waals surface area contributed by atoms with Crippen LogP contribution in [0.3, 0.4) is 0 Å². The Labute approximate surface area is 91.9 Å². The SMILES string of the molecule is COc1cc(N)ccc1C(C)(C)C.Cl. The van der Waals surface area contributed by atoms with E-state index in [0.717, 1.165) is 11.4 Å². The molecule has 0 fully saturated rings. The van der Waals surface area contributed by atoms with Gasteiger partial charge in [0.15, 0.2) is 0 Å². The van der Waals surface area contributed by atoms with E-state index in [1.54, 1.807) is 7.11 Å². The summed E-state index contributed by atoms with van der Waals surface area (Å²) in [7, 11) is 1.67. The minimum atomic E-state index is 0. The van der Waals surface area contributed by atoms with Crippen LogP contribution in [0.5, 0.6) is 5.75 Å². The van der Waals surface area contributed by atoms with Gasteiger partial charge in [0.05, 0.1) is 7.11 Å². The Bertz CT molecular complexity index is 305. The number of nitrogen functional groups attached to an aromatic ring is 1. The molecule has 0 aliphatic rings. The fraction of sp³-hybridized carbons (Fsp3) is 0.455. The lowest BCUT2D eigenvalue weighted by Gasteiger charge is -2.22. The predicted octanol–water partition coefficient (Wildman–Crippen LogP) is 3.00. The fourth-order valence-corrected chi connectivity index (χ4v) is 1.33. The number of hydrogen-bond acceptors (Lipinski definition) is 2. The molecule has 0 saturated carbocycles. The minimum Gasteiger partial charge on any atom is -0.496 e. The molecule has 2 N–H and O–H groups in total. The van der Waals surface area contributed by atoms with Crippen LogP contribution in [0, 0.1) is 0 Å². The van der Waals surface area contributed by atoms with E-state index in [2.05, 4.69) is 20.8 Å². The minimum absolute atomic E-state index is 0. The molecule has 0 unspecified atom stereocenters. The second kappa shape index (κ2) is 4.56. The number of nitrogens with two attached hydrogens (primary N) is 1. The number of hydrogen-bond donors (Lipinski definition) is 1. The molecule has 3 heteroatoms. The molecule has 14 heavy (non-hydrogen) atoms. The molecule has 0 amide bonds. The molecule has 80 valence electrons. The molecule has 0 heterocycles. The first-order valence-corrected chi connectivity index (χ1v) is 4.39. The number of benzene rings is 1. The van der Waals surface area contributed by atoms with E-state index in [1.165, 1.54) is 5.56 Å². The Hall–Kier alpha value is -0.890. The maximum Gasteiger partial charge on any atom is 0.124 e. The molecular formula is C11H18ClNO. The zero-order valence-electron chi connectivity index (χ0n) is 9.13. The van der Waals surface area contributed by atoms with Gasteiger partial charge in [0.1, 0.15) is 5.75 Å². The van der Waals surface area contributed by atoms with E-state index >= 15 is 0 Å². The van der Waals surface area contributed by atoms with Gasteiger partial charge in [-0.3, -0.25) is 0 Å². The Morgan fingerprint density at radius 2 is 1.79 bits per heavy atom. The molecule has 0 atom stereocenters. The van der Waals surface area contributed by atoms with Gasteiger partial charge in [0, 0.05) is 11.8 Å². The quantitative estimate of drug-likeness (QED) is 0.731. The summed E-state index contributed by atoms with van der Waals surface area (Å²) in [6, 6.07) is 5.79. The summed E-state index contributed by atoms with van der Waals surface area (Å²) in [6.07, 6.45) is 0. The van der Waals surface area contributed by atoms with Crippen molar-refractivity contribution in [1.82, 2.24) is 0 Å². The van der Waals surface area contributed by atoms with Gasteiger partial charge < -0.3 is 10.5 Å². The van der Waals surface area contributed by atoms with Crippen LogP contribution in [-0.4, -0.2) is 7.11 Å². The van der Waals surface area contributed by atoms with Crippen molar-refractivity contribution in [1.29, 1.82) is 0 Å². The van der Waals surface area contributed by atoms with Crippen LogP contribution in [0.1, 0.15) is 26.3 Å². The van der Waals surface area contributed by atoms with Crippen LogP contribution >= 0.6 is 12.4 Å². The maximum atomic E-state index is 5.67. The van der Waals surface area contributed by atoms with Crippen LogP contribution in [-0.2, 0) is 5.41 Å². The zero-order valence-corrected chi connectivity index (χ0v) is 9.94. The highest BCUT2D eigenvalue weighted by Crippen LogP contribution is 2.32. The van der Waals surface area contributed by atoms with E-state index in [9.17, 15) is 0 Å². The third kappa shape index (κ3) is 2.81. The standard InChI is InChI=1S/C11H17NO.ClH/c1-11(2,3)9-6-5-8(12)7-10(9)13-4;/h5-7H,12H2,1-4H3;1H. The average Bonchev–Trinajstić information content (AvgIpc) is 2.01.